The van der Waals surface area contributed by atoms with Crippen LogP contribution < -0.4 is 15.4 Å². The van der Waals surface area contributed by atoms with Gasteiger partial charge < -0.3 is 20.1 Å². The number of amides is 2. The first-order valence-corrected chi connectivity index (χ1v) is 9.08. The summed E-state index contributed by atoms with van der Waals surface area (Å²) in [6.45, 7) is 1.40. The van der Waals surface area contributed by atoms with Crippen molar-refractivity contribution in [2.24, 2.45) is 0 Å². The molecule has 29 heavy (non-hydrogen) atoms. The van der Waals surface area contributed by atoms with E-state index in [-0.39, 0.29) is 13.2 Å². The fourth-order valence-corrected chi connectivity index (χ4v) is 2.32. The van der Waals surface area contributed by atoms with Crippen LogP contribution in [0.3, 0.4) is 0 Å². The van der Waals surface area contributed by atoms with Crippen LogP contribution in [0.5, 0.6) is 5.75 Å². The second-order valence-corrected chi connectivity index (χ2v) is 6.20. The standard InChI is InChI=1S/C22H24N2O5/c1-16(24-20(25)13-10-17-8-11-19(28-2)12-9-17)22(27)23-14-21(26)29-15-18-6-4-3-5-7-18/h3-13,16H,14-15H2,1-2H3,(H,23,27)(H,24,25)/b13-10-/t16-/m1/s1. The molecule has 0 aliphatic carbocycles. The Morgan fingerprint density at radius 2 is 1.72 bits per heavy atom. The molecule has 2 aromatic carbocycles. The molecule has 0 saturated heterocycles. The highest BCUT2D eigenvalue weighted by Gasteiger charge is 2.15. The lowest BCUT2D eigenvalue weighted by molar-refractivity contribution is -0.145. The summed E-state index contributed by atoms with van der Waals surface area (Å²) in [6, 6.07) is 15.6. The van der Waals surface area contributed by atoms with Crippen molar-refractivity contribution in [2.45, 2.75) is 19.6 Å². The summed E-state index contributed by atoms with van der Waals surface area (Å²) < 4.78 is 10.2. The summed E-state index contributed by atoms with van der Waals surface area (Å²) in [5.74, 6) is -0.734. The normalized spacial score (nSPS) is 11.5. The molecule has 0 spiro atoms. The number of carbonyl (C=O) groups is 3. The molecule has 0 radical (unpaired) electrons. The molecular weight excluding hydrogens is 372 g/mol. The predicted octanol–water partition coefficient (Wildman–Crippen LogP) is 2.07. The molecule has 0 unspecified atom stereocenters. The van der Waals surface area contributed by atoms with Gasteiger partial charge in [-0.25, -0.2) is 0 Å². The summed E-state index contributed by atoms with van der Waals surface area (Å²) in [7, 11) is 1.58. The third kappa shape index (κ3) is 7.88. The minimum atomic E-state index is -0.801. The molecule has 7 heteroatoms. The lowest BCUT2D eigenvalue weighted by Crippen LogP contribution is -2.45. The molecule has 0 heterocycles. The van der Waals surface area contributed by atoms with Gasteiger partial charge in [-0.1, -0.05) is 42.5 Å². The van der Waals surface area contributed by atoms with Gasteiger partial charge in [-0.05, 0) is 36.3 Å². The molecule has 2 N–H and O–H groups in total. The monoisotopic (exact) mass is 396 g/mol. The predicted molar refractivity (Wildman–Crippen MR) is 109 cm³/mol. The highest BCUT2D eigenvalue weighted by Crippen LogP contribution is 2.12. The second kappa shape index (κ2) is 11.3. The van der Waals surface area contributed by atoms with E-state index in [1.54, 1.807) is 37.5 Å². The molecule has 152 valence electrons. The maximum atomic E-state index is 12.0. The number of hydrogen-bond donors (Lipinski definition) is 2. The zero-order chi connectivity index (χ0) is 21.1. The summed E-state index contributed by atoms with van der Waals surface area (Å²) in [5.41, 5.74) is 1.68. The molecule has 0 fully saturated rings. The van der Waals surface area contributed by atoms with Crippen molar-refractivity contribution >= 4 is 23.9 Å². The number of esters is 1. The Hall–Kier alpha value is -3.61. The van der Waals surface area contributed by atoms with Gasteiger partial charge in [-0.2, -0.15) is 0 Å². The average Bonchev–Trinajstić information content (AvgIpc) is 2.75. The number of ether oxygens (including phenoxy) is 2. The molecule has 1 atom stereocenters. The van der Waals surface area contributed by atoms with E-state index in [0.717, 1.165) is 16.9 Å². The minimum absolute atomic E-state index is 0.137. The smallest absolute Gasteiger partial charge is 0.325 e. The zero-order valence-corrected chi connectivity index (χ0v) is 16.4. The first-order chi connectivity index (χ1) is 14.0. The van der Waals surface area contributed by atoms with Crippen LogP contribution in [-0.4, -0.2) is 37.5 Å². The number of nitrogens with one attached hydrogen (secondary N) is 2. The molecule has 0 aromatic heterocycles. The Morgan fingerprint density at radius 1 is 1.03 bits per heavy atom. The van der Waals surface area contributed by atoms with Gasteiger partial charge in [0.15, 0.2) is 0 Å². The van der Waals surface area contributed by atoms with Gasteiger partial charge in [0, 0.05) is 6.08 Å². The van der Waals surface area contributed by atoms with Crippen LogP contribution in [0.15, 0.2) is 60.7 Å². The van der Waals surface area contributed by atoms with Crippen LogP contribution in [0.4, 0.5) is 0 Å². The zero-order valence-electron chi connectivity index (χ0n) is 16.4. The number of carbonyl (C=O) groups excluding carboxylic acids is 3. The Kier molecular flexibility index (Phi) is 8.44. The molecular formula is C22H24N2O5. The number of benzene rings is 2. The van der Waals surface area contributed by atoms with Crippen LogP contribution in [0.1, 0.15) is 18.1 Å². The molecule has 0 bridgehead atoms. The van der Waals surface area contributed by atoms with Crippen molar-refractivity contribution in [3.63, 3.8) is 0 Å². The lowest BCUT2D eigenvalue weighted by atomic mass is 10.2. The van der Waals surface area contributed by atoms with E-state index in [9.17, 15) is 14.4 Å². The van der Waals surface area contributed by atoms with Crippen molar-refractivity contribution in [3.05, 3.63) is 71.8 Å². The number of rotatable bonds is 9. The maximum absolute atomic E-state index is 12.0. The first kappa shape index (κ1) is 21.7. The number of hydrogen-bond acceptors (Lipinski definition) is 5. The highest BCUT2D eigenvalue weighted by molar-refractivity contribution is 5.95. The maximum Gasteiger partial charge on any atom is 0.325 e. The topological polar surface area (TPSA) is 93.7 Å². The summed E-state index contributed by atoms with van der Waals surface area (Å²) in [4.78, 5) is 35.7. The quantitative estimate of drug-likeness (QED) is 0.500. The average molecular weight is 396 g/mol. The van der Waals surface area contributed by atoms with Crippen molar-refractivity contribution in [3.8, 4) is 5.75 Å². The van der Waals surface area contributed by atoms with Crippen molar-refractivity contribution in [1.82, 2.24) is 10.6 Å². The van der Waals surface area contributed by atoms with Crippen molar-refractivity contribution in [1.29, 1.82) is 0 Å². The van der Waals surface area contributed by atoms with Gasteiger partial charge >= 0.3 is 5.97 Å². The largest absolute Gasteiger partial charge is 0.497 e. The lowest BCUT2D eigenvalue weighted by Gasteiger charge is -2.12. The van der Waals surface area contributed by atoms with Crippen molar-refractivity contribution < 1.29 is 23.9 Å². The van der Waals surface area contributed by atoms with E-state index in [1.165, 1.54) is 13.0 Å². The van der Waals surface area contributed by atoms with Gasteiger partial charge in [0.2, 0.25) is 11.8 Å². The molecule has 0 aliphatic heterocycles. The Bertz CT molecular complexity index is 847. The summed E-state index contributed by atoms with van der Waals surface area (Å²) >= 11 is 0. The highest BCUT2D eigenvalue weighted by atomic mass is 16.5. The van der Waals surface area contributed by atoms with Gasteiger partial charge in [-0.15, -0.1) is 0 Å². The van der Waals surface area contributed by atoms with Gasteiger partial charge in [0.1, 0.15) is 24.9 Å². The van der Waals surface area contributed by atoms with Crippen LogP contribution in [0.25, 0.3) is 6.08 Å². The van der Waals surface area contributed by atoms with E-state index >= 15 is 0 Å². The molecule has 2 rings (SSSR count). The SMILES string of the molecule is COc1ccc(/C=C\C(=O)N[C@H](C)C(=O)NCC(=O)OCc2ccccc2)cc1. The Labute approximate surface area is 169 Å². The molecule has 2 aromatic rings. The van der Waals surface area contributed by atoms with Gasteiger partial charge in [-0.3, -0.25) is 14.4 Å². The van der Waals surface area contributed by atoms with Gasteiger partial charge in [0.25, 0.3) is 0 Å². The van der Waals surface area contributed by atoms with Crippen LogP contribution in [-0.2, 0) is 25.7 Å². The second-order valence-electron chi connectivity index (χ2n) is 6.20. The minimum Gasteiger partial charge on any atom is -0.497 e. The van der Waals surface area contributed by atoms with Crippen molar-refractivity contribution in [2.75, 3.05) is 13.7 Å². The van der Waals surface area contributed by atoms with Crippen LogP contribution in [0, 0.1) is 0 Å². The molecule has 0 aliphatic rings. The van der Waals surface area contributed by atoms with E-state index < -0.39 is 23.8 Å². The number of methoxy groups -OCH3 is 1. The summed E-state index contributed by atoms with van der Waals surface area (Å²) in [6.07, 6.45) is 2.96. The fourth-order valence-electron chi connectivity index (χ4n) is 2.32. The molecule has 2 amide bonds. The van der Waals surface area contributed by atoms with E-state index in [4.69, 9.17) is 9.47 Å². The van der Waals surface area contributed by atoms with E-state index in [2.05, 4.69) is 10.6 Å². The van der Waals surface area contributed by atoms with Crippen LogP contribution >= 0.6 is 0 Å². The van der Waals surface area contributed by atoms with Gasteiger partial charge in [0.05, 0.1) is 7.11 Å². The Balaban J connectivity index is 1.70. The van der Waals surface area contributed by atoms with E-state index in [1.807, 2.05) is 30.3 Å². The Morgan fingerprint density at radius 3 is 2.38 bits per heavy atom. The third-order valence-corrected chi connectivity index (χ3v) is 3.94. The summed E-state index contributed by atoms with van der Waals surface area (Å²) in [5, 5.41) is 4.98. The van der Waals surface area contributed by atoms with E-state index in [0.29, 0.717) is 0 Å². The van der Waals surface area contributed by atoms with Crippen LogP contribution in [0.2, 0.25) is 0 Å². The fraction of sp³-hybridized carbons (Fsp3) is 0.227. The third-order valence-electron chi connectivity index (χ3n) is 3.94. The first-order valence-electron chi connectivity index (χ1n) is 9.08. The molecule has 7 nitrogen and oxygen atoms in total. The molecule has 0 saturated carbocycles.